The van der Waals surface area contributed by atoms with Gasteiger partial charge < -0.3 is 19.7 Å². The Morgan fingerprint density at radius 1 is 0.935 bits per heavy atom. The Morgan fingerprint density at radius 2 is 1.65 bits per heavy atom. The van der Waals surface area contributed by atoms with E-state index in [9.17, 15) is 9.90 Å². The number of anilines is 1. The largest absolute Gasteiger partial charge is 0.506 e. The Balaban J connectivity index is 1.59. The van der Waals surface area contributed by atoms with Crippen LogP contribution in [0.2, 0.25) is 5.02 Å². The molecule has 0 radical (unpaired) electrons. The van der Waals surface area contributed by atoms with Gasteiger partial charge in [0.05, 0.1) is 29.3 Å². The number of nitrogens with one attached hydrogen (secondary N) is 1. The minimum absolute atomic E-state index is 0.0483. The van der Waals surface area contributed by atoms with Crippen molar-refractivity contribution in [2.45, 2.75) is 0 Å². The van der Waals surface area contributed by atoms with Crippen LogP contribution in [0.5, 0.6) is 5.75 Å². The van der Waals surface area contributed by atoms with E-state index in [1.165, 1.54) is 0 Å². The van der Waals surface area contributed by atoms with Gasteiger partial charge in [0.2, 0.25) is 0 Å². The van der Waals surface area contributed by atoms with Crippen LogP contribution < -0.4 is 10.5 Å². The molecule has 1 saturated heterocycles. The van der Waals surface area contributed by atoms with E-state index < -0.39 is 0 Å². The number of ether oxygens (including phenoxy) is 1. The zero-order valence-corrected chi connectivity index (χ0v) is 17.5. The van der Waals surface area contributed by atoms with Gasteiger partial charge in [0, 0.05) is 29.7 Å². The lowest BCUT2D eigenvalue weighted by Gasteiger charge is -2.29. The van der Waals surface area contributed by atoms with Crippen LogP contribution in [0.4, 0.5) is 5.69 Å². The lowest BCUT2D eigenvalue weighted by atomic mass is 9.99. The van der Waals surface area contributed by atoms with Gasteiger partial charge in [-0.25, -0.2) is 0 Å². The Hall–Kier alpha value is -3.28. The van der Waals surface area contributed by atoms with Gasteiger partial charge in [0.1, 0.15) is 5.75 Å². The molecule has 5 rings (SSSR count). The molecule has 3 aromatic carbocycles. The first-order chi connectivity index (χ1) is 15.1. The second-order valence-electron chi connectivity index (χ2n) is 7.57. The lowest BCUT2D eigenvalue weighted by Crippen LogP contribution is -2.36. The van der Waals surface area contributed by atoms with E-state index in [1.54, 1.807) is 18.2 Å². The van der Waals surface area contributed by atoms with Crippen LogP contribution in [-0.2, 0) is 4.74 Å². The fourth-order valence-electron chi connectivity index (χ4n) is 4.07. The highest BCUT2D eigenvalue weighted by Crippen LogP contribution is 2.38. The summed E-state index contributed by atoms with van der Waals surface area (Å²) < 4.78 is 5.42. The SMILES string of the molecule is O=c1[nH]c2cc(Cl)c(-c3ccc(N4CCOCC4)cc3)cc2c(O)c1-c1ccccc1. The first kappa shape index (κ1) is 19.7. The van der Waals surface area contributed by atoms with Crippen LogP contribution in [0, 0.1) is 0 Å². The molecule has 1 fully saturated rings. The van der Waals surface area contributed by atoms with Crippen LogP contribution in [0.15, 0.2) is 71.5 Å². The average Bonchev–Trinajstić information content (AvgIpc) is 2.80. The van der Waals surface area contributed by atoms with Crippen LogP contribution in [0.25, 0.3) is 33.2 Å². The highest BCUT2D eigenvalue weighted by molar-refractivity contribution is 6.34. The summed E-state index contributed by atoms with van der Waals surface area (Å²) in [5.74, 6) is -0.0483. The molecule has 0 bridgehead atoms. The first-order valence-electron chi connectivity index (χ1n) is 10.2. The van der Waals surface area contributed by atoms with Crippen molar-refractivity contribution in [3.05, 3.63) is 82.1 Å². The van der Waals surface area contributed by atoms with Gasteiger partial charge in [-0.15, -0.1) is 0 Å². The summed E-state index contributed by atoms with van der Waals surface area (Å²) in [6.07, 6.45) is 0. The molecule has 1 aliphatic rings. The number of morpholine rings is 1. The van der Waals surface area contributed by atoms with E-state index in [-0.39, 0.29) is 16.9 Å². The standard InChI is InChI=1S/C25H21ClN2O3/c26-21-15-22-20(24(29)23(25(30)27-22)17-4-2-1-3-5-17)14-19(21)16-6-8-18(9-7-16)28-10-12-31-13-11-28/h1-9,14-15H,10-13H2,(H2,27,29,30). The smallest absolute Gasteiger partial charge is 0.260 e. The lowest BCUT2D eigenvalue weighted by molar-refractivity contribution is 0.122. The number of pyridine rings is 1. The molecular formula is C25H21ClN2O3. The highest BCUT2D eigenvalue weighted by atomic mass is 35.5. The topological polar surface area (TPSA) is 65.6 Å². The number of aromatic amines is 1. The number of aromatic nitrogens is 1. The fraction of sp³-hybridized carbons (Fsp3) is 0.160. The van der Waals surface area contributed by atoms with Crippen molar-refractivity contribution >= 4 is 28.2 Å². The van der Waals surface area contributed by atoms with Crippen LogP contribution >= 0.6 is 11.6 Å². The Labute approximate surface area is 184 Å². The predicted molar refractivity (Wildman–Crippen MR) is 125 cm³/mol. The Bertz CT molecular complexity index is 1290. The number of hydrogen-bond donors (Lipinski definition) is 2. The second kappa shape index (κ2) is 8.10. The number of benzene rings is 3. The third-order valence-electron chi connectivity index (χ3n) is 5.69. The Morgan fingerprint density at radius 3 is 2.35 bits per heavy atom. The number of aromatic hydroxyl groups is 1. The summed E-state index contributed by atoms with van der Waals surface area (Å²) in [7, 11) is 0. The van der Waals surface area contributed by atoms with Crippen molar-refractivity contribution < 1.29 is 9.84 Å². The van der Waals surface area contributed by atoms with Gasteiger partial charge in [-0.2, -0.15) is 0 Å². The molecular weight excluding hydrogens is 412 g/mol. The van der Waals surface area contributed by atoms with E-state index in [4.69, 9.17) is 16.3 Å². The molecule has 0 saturated carbocycles. The molecule has 31 heavy (non-hydrogen) atoms. The molecule has 0 unspecified atom stereocenters. The van der Waals surface area contributed by atoms with Gasteiger partial charge in [-0.05, 0) is 35.4 Å². The first-order valence-corrected chi connectivity index (χ1v) is 10.6. The number of rotatable bonds is 3. The van der Waals surface area contributed by atoms with Crippen molar-refractivity contribution in [1.82, 2.24) is 4.98 Å². The third-order valence-corrected chi connectivity index (χ3v) is 6.00. The molecule has 1 aromatic heterocycles. The molecule has 5 nitrogen and oxygen atoms in total. The molecule has 0 spiro atoms. The zero-order chi connectivity index (χ0) is 21.4. The molecule has 1 aliphatic heterocycles. The number of H-pyrrole nitrogens is 1. The summed E-state index contributed by atoms with van der Waals surface area (Å²) in [5, 5.41) is 12.0. The maximum Gasteiger partial charge on any atom is 0.260 e. The normalized spacial score (nSPS) is 14.2. The van der Waals surface area contributed by atoms with E-state index in [2.05, 4.69) is 22.0 Å². The summed E-state index contributed by atoms with van der Waals surface area (Å²) in [5.41, 5.74) is 3.94. The minimum atomic E-state index is -0.352. The zero-order valence-electron chi connectivity index (χ0n) is 16.8. The van der Waals surface area contributed by atoms with E-state index >= 15 is 0 Å². The van der Waals surface area contributed by atoms with Crippen LogP contribution in [0.3, 0.4) is 0 Å². The van der Waals surface area contributed by atoms with Crippen molar-refractivity contribution in [2.75, 3.05) is 31.2 Å². The molecule has 156 valence electrons. The third kappa shape index (κ3) is 3.67. The minimum Gasteiger partial charge on any atom is -0.506 e. The van der Waals surface area contributed by atoms with Crippen molar-refractivity contribution in [3.8, 4) is 28.0 Å². The molecule has 4 aromatic rings. The molecule has 6 heteroatoms. The molecule has 2 heterocycles. The molecule has 0 amide bonds. The van der Waals surface area contributed by atoms with E-state index in [1.807, 2.05) is 36.4 Å². The molecule has 0 atom stereocenters. The van der Waals surface area contributed by atoms with Crippen LogP contribution in [-0.4, -0.2) is 36.4 Å². The summed E-state index contributed by atoms with van der Waals surface area (Å²) in [4.78, 5) is 17.8. The number of fused-ring (bicyclic) bond motifs is 1. The molecule has 0 aliphatic carbocycles. The van der Waals surface area contributed by atoms with Gasteiger partial charge in [-0.1, -0.05) is 54.1 Å². The summed E-state index contributed by atoms with van der Waals surface area (Å²) >= 11 is 6.56. The number of nitrogens with zero attached hydrogens (tertiary/aromatic N) is 1. The Kier molecular flexibility index (Phi) is 5.14. The van der Waals surface area contributed by atoms with Crippen LogP contribution in [0.1, 0.15) is 0 Å². The summed E-state index contributed by atoms with van der Waals surface area (Å²) in [6.45, 7) is 3.22. The average molecular weight is 433 g/mol. The maximum absolute atomic E-state index is 12.6. The monoisotopic (exact) mass is 432 g/mol. The van der Waals surface area contributed by atoms with Gasteiger partial charge in [-0.3, -0.25) is 4.79 Å². The van der Waals surface area contributed by atoms with E-state index in [0.29, 0.717) is 21.5 Å². The molecule has 2 N–H and O–H groups in total. The van der Waals surface area contributed by atoms with Crippen molar-refractivity contribution in [2.24, 2.45) is 0 Å². The highest BCUT2D eigenvalue weighted by Gasteiger charge is 2.17. The summed E-state index contributed by atoms with van der Waals surface area (Å²) in [6, 6.07) is 20.9. The second-order valence-corrected chi connectivity index (χ2v) is 7.97. The van der Waals surface area contributed by atoms with Crippen molar-refractivity contribution in [1.29, 1.82) is 0 Å². The van der Waals surface area contributed by atoms with Crippen molar-refractivity contribution in [3.63, 3.8) is 0 Å². The van der Waals surface area contributed by atoms with E-state index in [0.717, 1.165) is 43.1 Å². The maximum atomic E-state index is 12.6. The predicted octanol–water partition coefficient (Wildman–Crippen LogP) is 5.06. The number of hydrogen-bond acceptors (Lipinski definition) is 4. The van der Waals surface area contributed by atoms with Gasteiger partial charge >= 0.3 is 0 Å². The fourth-order valence-corrected chi connectivity index (χ4v) is 4.34. The van der Waals surface area contributed by atoms with Gasteiger partial charge in [0.15, 0.2) is 0 Å². The number of halogens is 1. The quantitative estimate of drug-likeness (QED) is 0.475. The van der Waals surface area contributed by atoms with Gasteiger partial charge in [0.25, 0.3) is 5.56 Å².